The van der Waals surface area contributed by atoms with Gasteiger partial charge >= 0.3 is 0 Å². The highest BCUT2D eigenvalue weighted by molar-refractivity contribution is 7.09. The highest BCUT2D eigenvalue weighted by Crippen LogP contribution is 2.21. The van der Waals surface area contributed by atoms with Crippen LogP contribution in [0.4, 0.5) is 0 Å². The quantitative estimate of drug-likeness (QED) is 0.816. The van der Waals surface area contributed by atoms with Crippen LogP contribution in [0.3, 0.4) is 0 Å². The lowest BCUT2D eigenvalue weighted by atomic mass is 10.1. The molecule has 2 aromatic rings. The Balaban J connectivity index is 2.02. The van der Waals surface area contributed by atoms with E-state index in [-0.39, 0.29) is 0 Å². The number of likely N-dealkylation sites (N-methyl/N-ethyl adjacent to an activating group) is 1. The molecule has 0 N–H and O–H groups in total. The van der Waals surface area contributed by atoms with Gasteiger partial charge in [-0.05, 0) is 49.5 Å². The van der Waals surface area contributed by atoms with Crippen molar-refractivity contribution in [2.24, 2.45) is 0 Å². The summed E-state index contributed by atoms with van der Waals surface area (Å²) in [4.78, 5) is 3.73. The first-order valence-corrected chi connectivity index (χ1v) is 7.81. The lowest BCUT2D eigenvalue weighted by Gasteiger charge is -2.24. The highest BCUT2D eigenvalue weighted by atomic mass is 32.1. The van der Waals surface area contributed by atoms with E-state index in [2.05, 4.69) is 42.5 Å². The number of methoxy groups -OCH3 is 1. The van der Waals surface area contributed by atoms with Crippen LogP contribution in [0.15, 0.2) is 35.7 Å². The van der Waals surface area contributed by atoms with Crippen LogP contribution in [-0.2, 0) is 13.0 Å². The third kappa shape index (κ3) is 4.07. The molecule has 4 heteroatoms. The van der Waals surface area contributed by atoms with Gasteiger partial charge in [0.05, 0.1) is 12.7 Å². The van der Waals surface area contributed by atoms with E-state index in [1.165, 1.54) is 4.88 Å². The molecule has 0 saturated heterocycles. The Kier molecular flexibility index (Phi) is 5.38. The number of thiophene rings is 1. The minimum Gasteiger partial charge on any atom is -0.495 e. The van der Waals surface area contributed by atoms with E-state index in [0.717, 1.165) is 18.5 Å². The second kappa shape index (κ2) is 7.26. The number of rotatable bonds is 6. The lowest BCUT2D eigenvalue weighted by Crippen LogP contribution is -2.30. The van der Waals surface area contributed by atoms with Gasteiger partial charge in [0.25, 0.3) is 0 Å². The van der Waals surface area contributed by atoms with E-state index < -0.39 is 0 Å². The Bertz CT molecular complexity index is 616. The Labute approximate surface area is 130 Å². The van der Waals surface area contributed by atoms with E-state index in [1.54, 1.807) is 18.4 Å². The standard InChI is InChI=1S/C17H20N2OS/c1-13(9-16-5-4-8-21-16)19(2)12-14-6-7-15(11-18)17(10-14)20-3/h4-8,10,13H,9,12H2,1-3H3. The van der Waals surface area contributed by atoms with Crippen molar-refractivity contribution in [3.63, 3.8) is 0 Å². The fraction of sp³-hybridized carbons (Fsp3) is 0.353. The fourth-order valence-electron chi connectivity index (χ4n) is 2.25. The molecule has 0 fully saturated rings. The minimum absolute atomic E-state index is 0.463. The van der Waals surface area contributed by atoms with E-state index in [9.17, 15) is 0 Å². The largest absolute Gasteiger partial charge is 0.495 e. The first kappa shape index (κ1) is 15.6. The van der Waals surface area contributed by atoms with E-state index in [4.69, 9.17) is 10.00 Å². The Morgan fingerprint density at radius 1 is 1.38 bits per heavy atom. The number of nitriles is 1. The van der Waals surface area contributed by atoms with Crippen LogP contribution in [0.2, 0.25) is 0 Å². The SMILES string of the molecule is COc1cc(CN(C)C(C)Cc2cccs2)ccc1C#N. The minimum atomic E-state index is 0.463. The smallest absolute Gasteiger partial charge is 0.136 e. The first-order valence-electron chi connectivity index (χ1n) is 6.93. The molecular formula is C17H20N2OS. The molecule has 1 atom stereocenters. The van der Waals surface area contributed by atoms with Gasteiger partial charge in [-0.2, -0.15) is 5.26 Å². The Morgan fingerprint density at radius 3 is 2.81 bits per heavy atom. The molecule has 0 aliphatic carbocycles. The van der Waals surface area contributed by atoms with Crippen LogP contribution >= 0.6 is 11.3 Å². The molecule has 0 radical (unpaired) electrons. The van der Waals surface area contributed by atoms with Crippen LogP contribution in [0.1, 0.15) is 22.9 Å². The van der Waals surface area contributed by atoms with E-state index >= 15 is 0 Å². The van der Waals surface area contributed by atoms with Crippen molar-refractivity contribution in [1.82, 2.24) is 4.90 Å². The fourth-order valence-corrected chi connectivity index (χ4v) is 3.07. The van der Waals surface area contributed by atoms with Crippen molar-refractivity contribution in [3.05, 3.63) is 51.7 Å². The number of nitrogens with zero attached hydrogens (tertiary/aromatic N) is 2. The summed E-state index contributed by atoms with van der Waals surface area (Å²) >= 11 is 1.80. The van der Waals surface area contributed by atoms with Crippen molar-refractivity contribution in [2.45, 2.75) is 25.9 Å². The molecule has 0 bridgehead atoms. The van der Waals surface area contributed by atoms with Gasteiger partial charge in [0.2, 0.25) is 0 Å². The normalized spacial score (nSPS) is 12.1. The lowest BCUT2D eigenvalue weighted by molar-refractivity contribution is 0.248. The van der Waals surface area contributed by atoms with Crippen molar-refractivity contribution in [3.8, 4) is 11.8 Å². The van der Waals surface area contributed by atoms with Crippen LogP contribution in [-0.4, -0.2) is 25.1 Å². The second-order valence-corrected chi connectivity index (χ2v) is 6.23. The maximum absolute atomic E-state index is 9.01. The molecule has 0 aliphatic heterocycles. The molecule has 0 saturated carbocycles. The van der Waals surface area contributed by atoms with Gasteiger partial charge in [0.15, 0.2) is 0 Å². The molecule has 1 aromatic heterocycles. The maximum Gasteiger partial charge on any atom is 0.136 e. The third-order valence-corrected chi connectivity index (χ3v) is 4.55. The molecule has 1 unspecified atom stereocenters. The van der Waals surface area contributed by atoms with Gasteiger partial charge in [-0.3, -0.25) is 4.90 Å². The average molecular weight is 300 g/mol. The van der Waals surface area contributed by atoms with Crippen molar-refractivity contribution in [2.75, 3.05) is 14.2 Å². The number of benzene rings is 1. The summed E-state index contributed by atoms with van der Waals surface area (Å²) in [6.45, 7) is 3.08. The van der Waals surface area contributed by atoms with Crippen LogP contribution in [0.25, 0.3) is 0 Å². The van der Waals surface area contributed by atoms with Gasteiger partial charge < -0.3 is 4.74 Å². The average Bonchev–Trinajstić information content (AvgIpc) is 2.99. The van der Waals surface area contributed by atoms with E-state index in [0.29, 0.717) is 17.4 Å². The summed E-state index contributed by atoms with van der Waals surface area (Å²) in [5, 5.41) is 11.1. The van der Waals surface area contributed by atoms with Crippen LogP contribution in [0.5, 0.6) is 5.75 Å². The number of ether oxygens (including phenoxy) is 1. The molecule has 3 nitrogen and oxygen atoms in total. The Morgan fingerprint density at radius 2 is 2.19 bits per heavy atom. The zero-order valence-electron chi connectivity index (χ0n) is 12.7. The molecule has 110 valence electrons. The summed E-state index contributed by atoms with van der Waals surface area (Å²) < 4.78 is 5.26. The zero-order valence-corrected chi connectivity index (χ0v) is 13.5. The number of hydrogen-bond acceptors (Lipinski definition) is 4. The molecule has 1 aromatic carbocycles. The van der Waals surface area contributed by atoms with Gasteiger partial charge in [-0.15, -0.1) is 11.3 Å². The van der Waals surface area contributed by atoms with E-state index in [1.807, 2.05) is 18.2 Å². The molecule has 2 rings (SSSR count). The molecule has 1 heterocycles. The van der Waals surface area contributed by atoms with Gasteiger partial charge in [0, 0.05) is 17.5 Å². The molecule has 21 heavy (non-hydrogen) atoms. The Hall–Kier alpha value is -1.83. The van der Waals surface area contributed by atoms with Crippen molar-refractivity contribution in [1.29, 1.82) is 5.26 Å². The molecule has 0 spiro atoms. The first-order chi connectivity index (χ1) is 10.1. The predicted octanol–water partition coefficient (Wildman–Crippen LogP) is 3.69. The van der Waals surface area contributed by atoms with Gasteiger partial charge in [0.1, 0.15) is 11.8 Å². The van der Waals surface area contributed by atoms with Gasteiger partial charge in [-0.25, -0.2) is 0 Å². The summed E-state index contributed by atoms with van der Waals surface area (Å²) in [6.07, 6.45) is 1.06. The van der Waals surface area contributed by atoms with Crippen molar-refractivity contribution >= 4 is 11.3 Å². The molecule has 0 aliphatic rings. The topological polar surface area (TPSA) is 36.3 Å². The third-order valence-electron chi connectivity index (χ3n) is 3.65. The second-order valence-electron chi connectivity index (χ2n) is 5.19. The summed E-state index contributed by atoms with van der Waals surface area (Å²) in [5.41, 5.74) is 1.74. The number of hydrogen-bond donors (Lipinski definition) is 0. The predicted molar refractivity (Wildman–Crippen MR) is 86.7 cm³/mol. The molecule has 0 amide bonds. The summed E-state index contributed by atoms with van der Waals surface area (Å²) in [7, 11) is 3.73. The summed E-state index contributed by atoms with van der Waals surface area (Å²) in [5.74, 6) is 0.648. The van der Waals surface area contributed by atoms with Crippen LogP contribution < -0.4 is 4.74 Å². The van der Waals surface area contributed by atoms with Crippen LogP contribution in [0, 0.1) is 11.3 Å². The summed E-state index contributed by atoms with van der Waals surface area (Å²) in [6, 6.07) is 12.7. The zero-order chi connectivity index (χ0) is 15.2. The highest BCUT2D eigenvalue weighted by Gasteiger charge is 2.12. The monoisotopic (exact) mass is 300 g/mol. The molecular weight excluding hydrogens is 280 g/mol. The van der Waals surface area contributed by atoms with Crippen molar-refractivity contribution < 1.29 is 4.74 Å². The maximum atomic E-state index is 9.01. The van der Waals surface area contributed by atoms with Gasteiger partial charge in [-0.1, -0.05) is 12.1 Å².